The minimum absolute atomic E-state index is 0.110. The summed E-state index contributed by atoms with van der Waals surface area (Å²) in [6.07, 6.45) is 4.04. The number of sulfonamides is 1. The monoisotopic (exact) mass is 374 g/mol. The van der Waals surface area contributed by atoms with Gasteiger partial charge in [-0.2, -0.15) is 0 Å². The molecular formula is C21H30N2O2S. The molecule has 0 radical (unpaired) electrons. The number of fused-ring (bicyclic) bond motifs is 1. The van der Waals surface area contributed by atoms with Crippen LogP contribution in [0.1, 0.15) is 45.1 Å². The van der Waals surface area contributed by atoms with Crippen molar-refractivity contribution in [1.82, 2.24) is 10.0 Å². The number of benzene rings is 2. The molecule has 3 rings (SSSR count). The number of hydrogen-bond acceptors (Lipinski definition) is 3. The highest BCUT2D eigenvalue weighted by Gasteiger charge is 2.26. The summed E-state index contributed by atoms with van der Waals surface area (Å²) in [4.78, 5) is 0. The Bertz CT molecular complexity index is 825. The average molecular weight is 375 g/mol. The zero-order valence-corrected chi connectivity index (χ0v) is 16.6. The topological polar surface area (TPSA) is 58.2 Å². The number of nitrogens with one attached hydrogen (secondary N) is 2. The molecule has 0 amide bonds. The van der Waals surface area contributed by atoms with Gasteiger partial charge in [0.1, 0.15) is 0 Å². The SMILES string of the molecule is CC(C)S(=O)(=O)NC1CCC(CNCc2ccc3ccccc3c2)CC1. The van der Waals surface area contributed by atoms with Gasteiger partial charge in [0.15, 0.2) is 0 Å². The molecule has 2 N–H and O–H groups in total. The number of rotatable bonds is 7. The van der Waals surface area contributed by atoms with Crippen molar-refractivity contribution in [3.05, 3.63) is 48.0 Å². The Kier molecular flexibility index (Phi) is 6.33. The van der Waals surface area contributed by atoms with Crippen LogP contribution < -0.4 is 10.0 Å². The second kappa shape index (κ2) is 8.51. The molecule has 0 saturated heterocycles. The van der Waals surface area contributed by atoms with Crippen LogP contribution in [0, 0.1) is 5.92 Å². The van der Waals surface area contributed by atoms with E-state index >= 15 is 0 Å². The molecule has 142 valence electrons. The van der Waals surface area contributed by atoms with E-state index in [9.17, 15) is 8.42 Å². The lowest BCUT2D eigenvalue weighted by molar-refractivity contribution is 0.302. The molecule has 1 aliphatic rings. The summed E-state index contributed by atoms with van der Waals surface area (Å²) in [5, 5.41) is 5.78. The summed E-state index contributed by atoms with van der Waals surface area (Å²) in [6.45, 7) is 5.33. The maximum atomic E-state index is 12.0. The van der Waals surface area contributed by atoms with E-state index in [4.69, 9.17) is 0 Å². The van der Waals surface area contributed by atoms with Gasteiger partial charge >= 0.3 is 0 Å². The van der Waals surface area contributed by atoms with Gasteiger partial charge in [-0.3, -0.25) is 0 Å². The normalized spacial score (nSPS) is 21.3. The Morgan fingerprint density at radius 1 is 1.00 bits per heavy atom. The maximum absolute atomic E-state index is 12.0. The Hall–Kier alpha value is -1.43. The standard InChI is InChI=1S/C21H30N2O2S/c1-16(2)26(24,25)23-21-11-8-17(9-12-21)14-22-15-18-7-10-19-5-3-4-6-20(19)13-18/h3-7,10,13,16-17,21-23H,8-9,11-12,14-15H2,1-2H3. The summed E-state index contributed by atoms with van der Waals surface area (Å²) in [5.41, 5.74) is 1.31. The molecule has 0 unspecified atom stereocenters. The quantitative estimate of drug-likeness (QED) is 0.775. The van der Waals surface area contributed by atoms with E-state index in [0.29, 0.717) is 5.92 Å². The predicted octanol–water partition coefficient (Wildman–Crippen LogP) is 3.82. The highest BCUT2D eigenvalue weighted by Crippen LogP contribution is 2.25. The van der Waals surface area contributed by atoms with E-state index in [1.54, 1.807) is 13.8 Å². The Morgan fingerprint density at radius 2 is 1.69 bits per heavy atom. The third-order valence-electron chi connectivity index (χ3n) is 5.37. The largest absolute Gasteiger partial charge is 0.312 e. The summed E-state index contributed by atoms with van der Waals surface area (Å²) in [5.74, 6) is 0.635. The average Bonchev–Trinajstić information content (AvgIpc) is 2.63. The van der Waals surface area contributed by atoms with Gasteiger partial charge in [-0.15, -0.1) is 0 Å². The van der Waals surface area contributed by atoms with Crippen LogP contribution in [0.2, 0.25) is 0 Å². The molecule has 1 saturated carbocycles. The minimum Gasteiger partial charge on any atom is -0.312 e. The first-order valence-corrected chi connectivity index (χ1v) is 11.2. The Balaban J connectivity index is 1.42. The molecule has 2 aromatic rings. The zero-order valence-electron chi connectivity index (χ0n) is 15.7. The molecule has 0 aromatic heterocycles. The number of hydrogen-bond donors (Lipinski definition) is 2. The van der Waals surface area contributed by atoms with Crippen LogP contribution in [0.3, 0.4) is 0 Å². The molecular weight excluding hydrogens is 344 g/mol. The van der Waals surface area contributed by atoms with Crippen molar-refractivity contribution in [2.45, 2.75) is 57.4 Å². The van der Waals surface area contributed by atoms with Gasteiger partial charge in [0.05, 0.1) is 5.25 Å². The second-order valence-corrected chi connectivity index (χ2v) is 10.0. The van der Waals surface area contributed by atoms with Crippen molar-refractivity contribution >= 4 is 20.8 Å². The van der Waals surface area contributed by atoms with Crippen LogP contribution in [0.25, 0.3) is 10.8 Å². The van der Waals surface area contributed by atoms with Gasteiger partial charge in [0, 0.05) is 12.6 Å². The van der Waals surface area contributed by atoms with Crippen molar-refractivity contribution in [3.8, 4) is 0 Å². The maximum Gasteiger partial charge on any atom is 0.214 e. The lowest BCUT2D eigenvalue weighted by Crippen LogP contribution is -2.41. The first kappa shape index (κ1) is 19.3. The molecule has 0 bridgehead atoms. The van der Waals surface area contributed by atoms with Crippen molar-refractivity contribution in [2.24, 2.45) is 5.92 Å². The summed E-state index contributed by atoms with van der Waals surface area (Å²) >= 11 is 0. The zero-order chi connectivity index (χ0) is 18.6. The van der Waals surface area contributed by atoms with Crippen LogP contribution in [-0.2, 0) is 16.6 Å². The molecule has 0 heterocycles. The Morgan fingerprint density at radius 3 is 2.38 bits per heavy atom. The predicted molar refractivity (Wildman–Crippen MR) is 109 cm³/mol. The molecule has 1 aliphatic carbocycles. The molecule has 2 aromatic carbocycles. The summed E-state index contributed by atoms with van der Waals surface area (Å²) in [6, 6.07) is 15.2. The molecule has 0 atom stereocenters. The van der Waals surface area contributed by atoms with Crippen molar-refractivity contribution in [2.75, 3.05) is 6.54 Å². The molecule has 26 heavy (non-hydrogen) atoms. The highest BCUT2D eigenvalue weighted by molar-refractivity contribution is 7.90. The van der Waals surface area contributed by atoms with E-state index in [1.165, 1.54) is 16.3 Å². The fourth-order valence-electron chi connectivity index (χ4n) is 3.62. The first-order chi connectivity index (χ1) is 12.4. The molecule has 0 aliphatic heterocycles. The third-order valence-corrected chi connectivity index (χ3v) is 7.28. The fourth-order valence-corrected chi connectivity index (χ4v) is 4.59. The molecule has 0 spiro atoms. The van der Waals surface area contributed by atoms with Crippen LogP contribution in [-0.4, -0.2) is 26.3 Å². The van der Waals surface area contributed by atoms with Gasteiger partial charge in [0.2, 0.25) is 10.0 Å². The smallest absolute Gasteiger partial charge is 0.214 e. The minimum atomic E-state index is -3.15. The molecule has 1 fully saturated rings. The molecule has 5 heteroatoms. The van der Waals surface area contributed by atoms with Gasteiger partial charge in [-0.05, 0) is 74.4 Å². The lowest BCUT2D eigenvalue weighted by atomic mass is 9.86. The van der Waals surface area contributed by atoms with Crippen LogP contribution >= 0.6 is 0 Å². The van der Waals surface area contributed by atoms with E-state index in [1.807, 2.05) is 0 Å². The van der Waals surface area contributed by atoms with Gasteiger partial charge in [-0.1, -0.05) is 36.4 Å². The van der Waals surface area contributed by atoms with Crippen molar-refractivity contribution < 1.29 is 8.42 Å². The van der Waals surface area contributed by atoms with Crippen LogP contribution in [0.4, 0.5) is 0 Å². The van der Waals surface area contributed by atoms with Crippen molar-refractivity contribution in [1.29, 1.82) is 0 Å². The van der Waals surface area contributed by atoms with Gasteiger partial charge < -0.3 is 5.32 Å². The molecule has 4 nitrogen and oxygen atoms in total. The lowest BCUT2D eigenvalue weighted by Gasteiger charge is -2.29. The van der Waals surface area contributed by atoms with Crippen molar-refractivity contribution in [3.63, 3.8) is 0 Å². The van der Waals surface area contributed by atoms with E-state index in [-0.39, 0.29) is 11.3 Å². The van der Waals surface area contributed by atoms with Crippen LogP contribution in [0.5, 0.6) is 0 Å². The van der Waals surface area contributed by atoms with E-state index in [0.717, 1.165) is 38.8 Å². The van der Waals surface area contributed by atoms with Crippen LogP contribution in [0.15, 0.2) is 42.5 Å². The second-order valence-electron chi connectivity index (χ2n) is 7.74. The summed E-state index contributed by atoms with van der Waals surface area (Å²) < 4.78 is 26.8. The summed E-state index contributed by atoms with van der Waals surface area (Å²) in [7, 11) is -3.15. The van der Waals surface area contributed by atoms with E-state index in [2.05, 4.69) is 52.5 Å². The Labute approximate surface area is 157 Å². The third kappa shape index (κ3) is 5.06. The van der Waals surface area contributed by atoms with Gasteiger partial charge in [-0.25, -0.2) is 13.1 Å². The van der Waals surface area contributed by atoms with Gasteiger partial charge in [0.25, 0.3) is 0 Å². The fraction of sp³-hybridized carbons (Fsp3) is 0.524. The highest BCUT2D eigenvalue weighted by atomic mass is 32.2. The first-order valence-electron chi connectivity index (χ1n) is 9.63. The van der Waals surface area contributed by atoms with E-state index < -0.39 is 10.0 Å².